The first-order valence-electron chi connectivity index (χ1n) is 6.85. The molecule has 0 fully saturated rings. The summed E-state index contributed by atoms with van der Waals surface area (Å²) in [5.41, 5.74) is 1.71. The van der Waals surface area contributed by atoms with Crippen molar-refractivity contribution >= 4 is 17.6 Å². The molecule has 0 bridgehead atoms. The van der Waals surface area contributed by atoms with Gasteiger partial charge in [-0.15, -0.1) is 0 Å². The van der Waals surface area contributed by atoms with Crippen molar-refractivity contribution in [2.24, 2.45) is 0 Å². The molecule has 0 saturated carbocycles. The molecule has 0 aliphatic carbocycles. The van der Waals surface area contributed by atoms with Gasteiger partial charge in [-0.3, -0.25) is 4.90 Å². The van der Waals surface area contributed by atoms with Crippen molar-refractivity contribution in [3.8, 4) is 5.69 Å². The Bertz CT molecular complexity index is 618. The van der Waals surface area contributed by atoms with E-state index in [0.29, 0.717) is 17.3 Å². The molecule has 0 aliphatic heterocycles. The Morgan fingerprint density at radius 1 is 1.29 bits per heavy atom. The smallest absolute Gasteiger partial charge is 0.339 e. The number of halogens is 1. The summed E-state index contributed by atoms with van der Waals surface area (Å²) >= 11 is 5.89. The minimum Gasteiger partial charge on any atom is -0.478 e. The number of carbonyl (C=O) groups is 1. The van der Waals surface area contributed by atoms with E-state index in [4.69, 9.17) is 11.6 Å². The molecule has 0 atom stereocenters. The van der Waals surface area contributed by atoms with Crippen LogP contribution in [0.2, 0.25) is 5.02 Å². The fourth-order valence-electron chi connectivity index (χ4n) is 2.17. The lowest BCUT2D eigenvalue weighted by molar-refractivity contribution is 0.0694. The highest BCUT2D eigenvalue weighted by Crippen LogP contribution is 2.19. The molecule has 1 heterocycles. The lowest BCUT2D eigenvalue weighted by atomic mass is 10.2. The fourth-order valence-corrected chi connectivity index (χ4v) is 2.29. The Kier molecular flexibility index (Phi) is 4.98. The van der Waals surface area contributed by atoms with Crippen LogP contribution in [0.25, 0.3) is 5.69 Å². The standard InChI is InChI=1S/C15H18ClN3O2/c1-3-18(4-2)10-14-13(15(20)21)9-17-19(14)12-7-5-11(16)6-8-12/h5-9H,3-4,10H2,1-2H3,(H,20,21). The number of nitrogens with zero attached hydrogens (tertiary/aromatic N) is 3. The lowest BCUT2D eigenvalue weighted by Gasteiger charge is -2.19. The zero-order valence-corrected chi connectivity index (χ0v) is 12.8. The van der Waals surface area contributed by atoms with Gasteiger partial charge in [0.05, 0.1) is 17.6 Å². The first kappa shape index (κ1) is 15.5. The van der Waals surface area contributed by atoms with Crippen molar-refractivity contribution < 1.29 is 9.90 Å². The minimum absolute atomic E-state index is 0.233. The first-order valence-corrected chi connectivity index (χ1v) is 7.23. The van der Waals surface area contributed by atoms with Crippen LogP contribution in [0.3, 0.4) is 0 Å². The highest BCUT2D eigenvalue weighted by molar-refractivity contribution is 6.30. The molecule has 0 spiro atoms. The van der Waals surface area contributed by atoms with Crippen molar-refractivity contribution in [2.45, 2.75) is 20.4 Å². The van der Waals surface area contributed by atoms with Crippen LogP contribution in [0, 0.1) is 0 Å². The minimum atomic E-state index is -0.961. The van der Waals surface area contributed by atoms with Crippen molar-refractivity contribution in [1.82, 2.24) is 14.7 Å². The Morgan fingerprint density at radius 2 is 1.90 bits per heavy atom. The molecule has 2 rings (SSSR count). The number of carboxylic acid groups (broad SMARTS) is 1. The van der Waals surface area contributed by atoms with Gasteiger partial charge in [-0.2, -0.15) is 5.10 Å². The van der Waals surface area contributed by atoms with Crippen LogP contribution < -0.4 is 0 Å². The second-order valence-electron chi connectivity index (χ2n) is 4.66. The molecule has 0 radical (unpaired) electrons. The molecule has 2 aromatic rings. The molecule has 1 aromatic heterocycles. The Hall–Kier alpha value is -1.85. The topological polar surface area (TPSA) is 58.4 Å². The average molecular weight is 308 g/mol. The van der Waals surface area contributed by atoms with Crippen molar-refractivity contribution in [3.63, 3.8) is 0 Å². The van der Waals surface area contributed by atoms with E-state index in [2.05, 4.69) is 10.00 Å². The van der Waals surface area contributed by atoms with Gasteiger partial charge < -0.3 is 5.11 Å². The Labute approximate surface area is 128 Å². The van der Waals surface area contributed by atoms with Crippen LogP contribution >= 0.6 is 11.6 Å². The van der Waals surface area contributed by atoms with E-state index in [1.165, 1.54) is 6.20 Å². The zero-order chi connectivity index (χ0) is 15.4. The molecule has 0 unspecified atom stereocenters. The number of hydrogen-bond donors (Lipinski definition) is 1. The van der Waals surface area contributed by atoms with Crippen LogP contribution in [0.5, 0.6) is 0 Å². The number of hydrogen-bond acceptors (Lipinski definition) is 3. The second-order valence-corrected chi connectivity index (χ2v) is 5.10. The number of carboxylic acids is 1. The molecule has 0 saturated heterocycles. The lowest BCUT2D eigenvalue weighted by Crippen LogP contribution is -2.25. The van der Waals surface area contributed by atoms with E-state index < -0.39 is 5.97 Å². The van der Waals surface area contributed by atoms with E-state index >= 15 is 0 Å². The third kappa shape index (κ3) is 3.43. The van der Waals surface area contributed by atoms with Gasteiger partial charge in [-0.05, 0) is 37.4 Å². The van der Waals surface area contributed by atoms with E-state index in [-0.39, 0.29) is 5.56 Å². The second kappa shape index (κ2) is 6.74. The third-order valence-electron chi connectivity index (χ3n) is 3.44. The maximum Gasteiger partial charge on any atom is 0.339 e. The van der Waals surface area contributed by atoms with Crippen molar-refractivity contribution in [3.05, 3.63) is 46.7 Å². The maximum absolute atomic E-state index is 11.4. The van der Waals surface area contributed by atoms with Crippen LogP contribution in [-0.4, -0.2) is 38.8 Å². The van der Waals surface area contributed by atoms with Crippen molar-refractivity contribution in [2.75, 3.05) is 13.1 Å². The van der Waals surface area contributed by atoms with Gasteiger partial charge in [0.1, 0.15) is 5.56 Å². The predicted octanol–water partition coefficient (Wildman–Crippen LogP) is 3.07. The van der Waals surface area contributed by atoms with Gasteiger partial charge in [-0.25, -0.2) is 9.48 Å². The molecular formula is C15H18ClN3O2. The van der Waals surface area contributed by atoms with Crippen molar-refractivity contribution in [1.29, 1.82) is 0 Å². The highest BCUT2D eigenvalue weighted by atomic mass is 35.5. The number of aromatic nitrogens is 2. The zero-order valence-electron chi connectivity index (χ0n) is 12.1. The quantitative estimate of drug-likeness (QED) is 0.891. The molecule has 0 amide bonds. The molecular weight excluding hydrogens is 290 g/mol. The summed E-state index contributed by atoms with van der Waals surface area (Å²) < 4.78 is 1.66. The summed E-state index contributed by atoms with van der Waals surface area (Å²) in [7, 11) is 0. The summed E-state index contributed by atoms with van der Waals surface area (Å²) in [6, 6.07) is 7.18. The highest BCUT2D eigenvalue weighted by Gasteiger charge is 2.19. The SMILES string of the molecule is CCN(CC)Cc1c(C(=O)O)cnn1-c1ccc(Cl)cc1. The third-order valence-corrected chi connectivity index (χ3v) is 3.69. The molecule has 0 aliphatic rings. The Morgan fingerprint density at radius 3 is 2.43 bits per heavy atom. The summed E-state index contributed by atoms with van der Waals surface area (Å²) in [5, 5.41) is 14.2. The average Bonchev–Trinajstić information content (AvgIpc) is 2.89. The summed E-state index contributed by atoms with van der Waals surface area (Å²) in [5.74, 6) is -0.961. The van der Waals surface area contributed by atoms with Gasteiger partial charge in [0, 0.05) is 11.6 Å². The van der Waals surface area contributed by atoms with E-state index in [1.807, 2.05) is 26.0 Å². The molecule has 6 heteroatoms. The van der Waals surface area contributed by atoms with Crippen LogP contribution in [-0.2, 0) is 6.54 Å². The normalized spacial score (nSPS) is 11.0. The summed E-state index contributed by atoms with van der Waals surface area (Å²) in [4.78, 5) is 13.5. The molecule has 1 aromatic carbocycles. The molecule has 21 heavy (non-hydrogen) atoms. The van der Waals surface area contributed by atoms with Gasteiger partial charge in [-0.1, -0.05) is 25.4 Å². The molecule has 112 valence electrons. The van der Waals surface area contributed by atoms with Gasteiger partial charge in [0.15, 0.2) is 0 Å². The van der Waals surface area contributed by atoms with E-state index in [1.54, 1.807) is 16.8 Å². The molecule has 1 N–H and O–H groups in total. The monoisotopic (exact) mass is 307 g/mol. The van der Waals surface area contributed by atoms with Gasteiger partial charge in [0.2, 0.25) is 0 Å². The number of aromatic carboxylic acids is 1. The van der Waals surface area contributed by atoms with E-state index in [0.717, 1.165) is 18.8 Å². The number of benzene rings is 1. The van der Waals surface area contributed by atoms with Crippen LogP contribution in [0.15, 0.2) is 30.5 Å². The first-order chi connectivity index (χ1) is 10.1. The summed E-state index contributed by atoms with van der Waals surface area (Å²) in [6.07, 6.45) is 1.40. The van der Waals surface area contributed by atoms with Gasteiger partial charge >= 0.3 is 5.97 Å². The predicted molar refractivity (Wildman–Crippen MR) is 82.2 cm³/mol. The van der Waals surface area contributed by atoms with Crippen LogP contribution in [0.4, 0.5) is 0 Å². The Balaban J connectivity index is 2.46. The van der Waals surface area contributed by atoms with E-state index in [9.17, 15) is 9.90 Å². The summed E-state index contributed by atoms with van der Waals surface area (Å²) in [6.45, 7) is 6.33. The fraction of sp³-hybridized carbons (Fsp3) is 0.333. The van der Waals surface area contributed by atoms with Gasteiger partial charge in [0.25, 0.3) is 0 Å². The van der Waals surface area contributed by atoms with Crippen LogP contribution in [0.1, 0.15) is 29.9 Å². The molecule has 5 nitrogen and oxygen atoms in total. The maximum atomic E-state index is 11.4. The number of rotatable bonds is 6. The largest absolute Gasteiger partial charge is 0.478 e.